The smallest absolute Gasteiger partial charge is 0.0580 e. The van der Waals surface area contributed by atoms with Crippen molar-refractivity contribution in [1.82, 2.24) is 4.90 Å². The highest BCUT2D eigenvalue weighted by Crippen LogP contribution is 2.25. The summed E-state index contributed by atoms with van der Waals surface area (Å²) < 4.78 is 0. The summed E-state index contributed by atoms with van der Waals surface area (Å²) in [4.78, 5) is 3.91. The molecule has 1 aliphatic rings. The minimum Gasteiger partial charge on any atom is -0.393 e. The molecule has 102 valence electrons. The lowest BCUT2D eigenvalue weighted by molar-refractivity contribution is 0.0730. The van der Waals surface area contributed by atoms with Crippen molar-refractivity contribution >= 4 is 11.3 Å². The molecule has 0 saturated heterocycles. The van der Waals surface area contributed by atoms with Crippen molar-refractivity contribution in [2.45, 2.75) is 51.7 Å². The Balaban J connectivity index is 1.88. The summed E-state index contributed by atoms with van der Waals surface area (Å²) in [5.41, 5.74) is 0. The van der Waals surface area contributed by atoms with Crippen molar-refractivity contribution in [1.29, 1.82) is 0 Å². The maximum absolute atomic E-state index is 10.2. The van der Waals surface area contributed by atoms with Crippen molar-refractivity contribution in [2.24, 2.45) is 5.92 Å². The maximum atomic E-state index is 10.2. The Labute approximate surface area is 115 Å². The van der Waals surface area contributed by atoms with E-state index in [2.05, 4.69) is 29.3 Å². The first-order valence-corrected chi connectivity index (χ1v) is 8.10. The number of hydrogen-bond acceptors (Lipinski definition) is 3. The van der Waals surface area contributed by atoms with E-state index in [0.29, 0.717) is 5.92 Å². The van der Waals surface area contributed by atoms with Crippen LogP contribution in [0, 0.1) is 5.92 Å². The molecule has 2 atom stereocenters. The van der Waals surface area contributed by atoms with Gasteiger partial charge in [0.25, 0.3) is 0 Å². The Kier molecular flexibility index (Phi) is 5.67. The highest BCUT2D eigenvalue weighted by molar-refractivity contribution is 7.09. The van der Waals surface area contributed by atoms with Crippen LogP contribution in [0.3, 0.4) is 0 Å². The third-order valence-corrected chi connectivity index (χ3v) is 4.88. The second kappa shape index (κ2) is 7.27. The molecule has 1 heterocycles. The summed E-state index contributed by atoms with van der Waals surface area (Å²) in [5, 5.41) is 12.3. The monoisotopic (exact) mass is 267 g/mol. The first-order chi connectivity index (χ1) is 8.79. The van der Waals surface area contributed by atoms with Gasteiger partial charge in [-0.3, -0.25) is 4.90 Å². The molecule has 18 heavy (non-hydrogen) atoms. The van der Waals surface area contributed by atoms with E-state index in [1.807, 2.05) is 11.3 Å². The predicted octanol–water partition coefficient (Wildman–Crippen LogP) is 3.51. The van der Waals surface area contributed by atoms with Crippen LogP contribution in [0.2, 0.25) is 0 Å². The zero-order valence-corrected chi connectivity index (χ0v) is 12.2. The van der Waals surface area contributed by atoms with Crippen molar-refractivity contribution in [3.63, 3.8) is 0 Å². The Hall–Kier alpha value is -0.380. The second-order valence-corrected chi connectivity index (χ2v) is 6.40. The molecule has 0 aromatic carbocycles. The van der Waals surface area contributed by atoms with Crippen LogP contribution < -0.4 is 0 Å². The molecule has 2 nitrogen and oxygen atoms in total. The molecule has 0 radical (unpaired) electrons. The van der Waals surface area contributed by atoms with Crippen molar-refractivity contribution in [3.05, 3.63) is 22.4 Å². The number of rotatable bonds is 5. The van der Waals surface area contributed by atoms with Crippen LogP contribution in [0.25, 0.3) is 0 Å². The van der Waals surface area contributed by atoms with Crippen molar-refractivity contribution in [3.8, 4) is 0 Å². The van der Waals surface area contributed by atoms with Gasteiger partial charge in [-0.2, -0.15) is 0 Å². The fraction of sp³-hybridized carbons (Fsp3) is 0.733. The zero-order chi connectivity index (χ0) is 12.8. The third-order valence-electron chi connectivity index (χ3n) is 4.02. The second-order valence-electron chi connectivity index (χ2n) is 5.37. The van der Waals surface area contributed by atoms with Crippen LogP contribution in [-0.2, 0) is 6.54 Å². The fourth-order valence-electron chi connectivity index (χ4n) is 2.84. The summed E-state index contributed by atoms with van der Waals surface area (Å²) in [6.45, 7) is 5.38. The standard InChI is InChI=1S/C15H25NOS/c1-2-16(12-14-8-6-10-18-14)11-13-7-4-3-5-9-15(13)17/h6,8,10,13,15,17H,2-5,7,9,11-12H2,1H3. The number of thiophene rings is 1. The Bertz CT molecular complexity index is 325. The number of hydrogen-bond donors (Lipinski definition) is 1. The molecule has 0 bridgehead atoms. The Morgan fingerprint density at radius 1 is 1.33 bits per heavy atom. The predicted molar refractivity (Wildman–Crippen MR) is 77.9 cm³/mol. The quantitative estimate of drug-likeness (QED) is 0.825. The molecule has 0 amide bonds. The number of nitrogens with zero attached hydrogens (tertiary/aromatic N) is 1. The average Bonchev–Trinajstić information content (AvgIpc) is 2.80. The van der Waals surface area contributed by atoms with Gasteiger partial charge < -0.3 is 5.11 Å². The van der Waals surface area contributed by atoms with E-state index in [9.17, 15) is 5.11 Å². The molecule has 3 heteroatoms. The molecule has 1 saturated carbocycles. The summed E-state index contributed by atoms with van der Waals surface area (Å²) in [6.07, 6.45) is 5.91. The summed E-state index contributed by atoms with van der Waals surface area (Å²) in [6, 6.07) is 4.32. The molecular formula is C15H25NOS. The van der Waals surface area contributed by atoms with Crippen LogP contribution in [-0.4, -0.2) is 29.2 Å². The third kappa shape index (κ3) is 4.08. The fourth-order valence-corrected chi connectivity index (χ4v) is 3.58. The lowest BCUT2D eigenvalue weighted by Gasteiger charge is -2.28. The molecule has 2 unspecified atom stereocenters. The van der Waals surface area contributed by atoms with Gasteiger partial charge in [0.2, 0.25) is 0 Å². The van der Waals surface area contributed by atoms with E-state index in [0.717, 1.165) is 26.1 Å². The van der Waals surface area contributed by atoms with Crippen molar-refractivity contribution in [2.75, 3.05) is 13.1 Å². The largest absolute Gasteiger partial charge is 0.393 e. The van der Waals surface area contributed by atoms with Crippen LogP contribution in [0.1, 0.15) is 43.9 Å². The first kappa shape index (κ1) is 14.0. The van der Waals surface area contributed by atoms with Gasteiger partial charge in [-0.1, -0.05) is 32.3 Å². The molecule has 1 fully saturated rings. The molecule has 0 aliphatic heterocycles. The minimum absolute atomic E-state index is 0.0788. The summed E-state index contributed by atoms with van der Waals surface area (Å²) in [5.74, 6) is 0.479. The van der Waals surface area contributed by atoms with E-state index in [1.165, 1.54) is 30.6 Å². The lowest BCUT2D eigenvalue weighted by atomic mass is 9.96. The zero-order valence-electron chi connectivity index (χ0n) is 11.3. The highest BCUT2D eigenvalue weighted by Gasteiger charge is 2.23. The van der Waals surface area contributed by atoms with E-state index >= 15 is 0 Å². The van der Waals surface area contributed by atoms with Crippen molar-refractivity contribution < 1.29 is 5.11 Å². The molecule has 1 N–H and O–H groups in total. The van der Waals surface area contributed by atoms with E-state index in [4.69, 9.17) is 0 Å². The molecule has 1 aliphatic carbocycles. The molecule has 2 rings (SSSR count). The molecule has 1 aromatic heterocycles. The number of aliphatic hydroxyl groups is 1. The van der Waals surface area contributed by atoms with Gasteiger partial charge in [-0.25, -0.2) is 0 Å². The van der Waals surface area contributed by atoms with E-state index in [1.54, 1.807) is 0 Å². The van der Waals surface area contributed by atoms with Crippen LogP contribution >= 0.6 is 11.3 Å². The van der Waals surface area contributed by atoms with Gasteiger partial charge in [0, 0.05) is 18.0 Å². The minimum atomic E-state index is -0.0788. The Morgan fingerprint density at radius 3 is 2.89 bits per heavy atom. The SMILES string of the molecule is CCN(Cc1cccs1)CC1CCCCCC1O. The molecule has 1 aromatic rings. The van der Waals surface area contributed by atoms with Crippen LogP contribution in [0.4, 0.5) is 0 Å². The van der Waals surface area contributed by atoms with Gasteiger partial charge in [0.1, 0.15) is 0 Å². The van der Waals surface area contributed by atoms with E-state index < -0.39 is 0 Å². The first-order valence-electron chi connectivity index (χ1n) is 7.22. The number of aliphatic hydroxyl groups excluding tert-OH is 1. The van der Waals surface area contributed by atoms with Gasteiger partial charge in [0.05, 0.1) is 6.10 Å². The topological polar surface area (TPSA) is 23.5 Å². The maximum Gasteiger partial charge on any atom is 0.0580 e. The van der Waals surface area contributed by atoms with Gasteiger partial charge in [-0.15, -0.1) is 11.3 Å². The van der Waals surface area contributed by atoms with Gasteiger partial charge in [-0.05, 0) is 36.8 Å². The lowest BCUT2D eigenvalue weighted by Crippen LogP contribution is -2.34. The van der Waals surface area contributed by atoms with Crippen LogP contribution in [0.5, 0.6) is 0 Å². The average molecular weight is 267 g/mol. The normalized spacial score (nSPS) is 25.3. The summed E-state index contributed by atoms with van der Waals surface area (Å²) in [7, 11) is 0. The Morgan fingerprint density at radius 2 is 2.17 bits per heavy atom. The van der Waals surface area contributed by atoms with Gasteiger partial charge >= 0.3 is 0 Å². The highest BCUT2D eigenvalue weighted by atomic mass is 32.1. The van der Waals surface area contributed by atoms with E-state index in [-0.39, 0.29) is 6.10 Å². The van der Waals surface area contributed by atoms with Crippen LogP contribution in [0.15, 0.2) is 17.5 Å². The van der Waals surface area contributed by atoms with Gasteiger partial charge in [0.15, 0.2) is 0 Å². The summed E-state index contributed by atoms with van der Waals surface area (Å²) >= 11 is 1.83. The molecular weight excluding hydrogens is 242 g/mol. The molecule has 0 spiro atoms.